The van der Waals surface area contributed by atoms with E-state index in [0.717, 1.165) is 30.0 Å². The first-order chi connectivity index (χ1) is 7.02. The highest BCUT2D eigenvalue weighted by molar-refractivity contribution is 14.1. The van der Waals surface area contributed by atoms with Crippen molar-refractivity contribution in [3.05, 3.63) is 11.3 Å². The van der Waals surface area contributed by atoms with Crippen LogP contribution in [0.2, 0.25) is 0 Å². The van der Waals surface area contributed by atoms with Gasteiger partial charge >= 0.3 is 0 Å². The lowest BCUT2D eigenvalue weighted by Gasteiger charge is -2.17. The lowest BCUT2D eigenvalue weighted by molar-refractivity contribution is -0.117. The van der Waals surface area contributed by atoms with Crippen LogP contribution < -0.4 is 4.90 Å². The molecule has 0 aromatic carbocycles. The first-order valence-corrected chi connectivity index (χ1v) is 6.22. The highest BCUT2D eigenvalue weighted by Crippen LogP contribution is 2.27. The number of fused-ring (bicyclic) bond motifs is 1. The first-order valence-electron chi connectivity index (χ1n) is 4.98. The quantitative estimate of drug-likeness (QED) is 0.539. The third kappa shape index (κ3) is 1.66. The van der Waals surface area contributed by atoms with E-state index in [-0.39, 0.29) is 9.83 Å². The van der Waals surface area contributed by atoms with Gasteiger partial charge in [-0.2, -0.15) is 5.10 Å². The number of nitrogens with zero attached hydrogens (tertiary/aromatic N) is 3. The van der Waals surface area contributed by atoms with Gasteiger partial charge in [0.05, 0.1) is 9.62 Å². The van der Waals surface area contributed by atoms with E-state index in [0.29, 0.717) is 0 Å². The molecule has 4 nitrogen and oxygen atoms in total. The molecule has 2 rings (SSSR count). The highest BCUT2D eigenvalue weighted by Gasteiger charge is 2.28. The van der Waals surface area contributed by atoms with Gasteiger partial charge in [-0.1, -0.05) is 22.6 Å². The number of anilines is 1. The van der Waals surface area contributed by atoms with Crippen LogP contribution in [0.3, 0.4) is 0 Å². The topological polar surface area (TPSA) is 38.1 Å². The molecule has 0 N–H and O–H groups in total. The average Bonchev–Trinajstić information content (AvgIpc) is 2.44. The number of aryl methyl sites for hydroxylation is 2. The number of alkyl halides is 1. The maximum absolute atomic E-state index is 11.9. The Balaban J connectivity index is 2.52. The number of carbonyl (C=O) groups excluding carboxylic acids is 1. The summed E-state index contributed by atoms with van der Waals surface area (Å²) in [5.74, 6) is 1.13. The summed E-state index contributed by atoms with van der Waals surface area (Å²) in [7, 11) is 1.83. The third-order valence-electron chi connectivity index (χ3n) is 2.90. The smallest absolute Gasteiger partial charge is 0.240 e. The molecule has 0 aliphatic carbocycles. The molecule has 1 aliphatic rings. The number of carbonyl (C=O) groups is 1. The number of amides is 1. The molecular weight excluding hydrogens is 305 g/mol. The van der Waals surface area contributed by atoms with Crippen LogP contribution >= 0.6 is 22.6 Å². The monoisotopic (exact) mass is 319 g/mol. The molecule has 1 amide bonds. The Kier molecular flexibility index (Phi) is 2.74. The molecule has 0 bridgehead atoms. The molecule has 1 atom stereocenters. The molecule has 0 fully saturated rings. The Morgan fingerprint density at radius 3 is 2.80 bits per heavy atom. The van der Waals surface area contributed by atoms with E-state index in [1.54, 1.807) is 4.90 Å². The predicted octanol–water partition coefficient (Wildman–Crippen LogP) is 1.67. The summed E-state index contributed by atoms with van der Waals surface area (Å²) < 4.78 is 2.01. The molecule has 1 aromatic rings. The van der Waals surface area contributed by atoms with Crippen molar-refractivity contribution in [1.29, 1.82) is 0 Å². The maximum Gasteiger partial charge on any atom is 0.240 e. The van der Waals surface area contributed by atoms with Crippen LogP contribution in [0.4, 0.5) is 5.82 Å². The molecule has 82 valence electrons. The fourth-order valence-corrected chi connectivity index (χ4v) is 2.61. The molecule has 5 heteroatoms. The number of hydrogen-bond acceptors (Lipinski definition) is 2. The summed E-state index contributed by atoms with van der Waals surface area (Å²) in [5, 5.41) is 4.45. The summed E-state index contributed by atoms with van der Waals surface area (Å²) in [6.07, 6.45) is 0.858. The van der Waals surface area contributed by atoms with Crippen LogP contribution in [-0.2, 0) is 11.3 Å². The van der Waals surface area contributed by atoms with E-state index in [9.17, 15) is 4.79 Å². The zero-order valence-corrected chi connectivity index (χ0v) is 11.3. The van der Waals surface area contributed by atoms with Crippen molar-refractivity contribution in [1.82, 2.24) is 9.78 Å². The summed E-state index contributed by atoms with van der Waals surface area (Å²) in [5.41, 5.74) is 2.12. The van der Waals surface area contributed by atoms with Gasteiger partial charge in [0, 0.05) is 19.2 Å². The molecule has 1 unspecified atom stereocenters. The Hall–Kier alpha value is -0.590. The second-order valence-electron chi connectivity index (χ2n) is 3.91. The number of rotatable bonds is 0. The molecule has 0 spiro atoms. The van der Waals surface area contributed by atoms with Crippen molar-refractivity contribution in [2.75, 3.05) is 11.9 Å². The number of hydrogen-bond donors (Lipinski definition) is 0. The molecule has 0 saturated carbocycles. The Bertz CT molecular complexity index is 413. The van der Waals surface area contributed by atoms with Crippen LogP contribution in [0.25, 0.3) is 0 Å². The molecule has 1 aromatic heterocycles. The van der Waals surface area contributed by atoms with Gasteiger partial charge in [-0.25, -0.2) is 4.68 Å². The summed E-state index contributed by atoms with van der Waals surface area (Å²) >= 11 is 2.21. The van der Waals surface area contributed by atoms with Gasteiger partial charge in [0.25, 0.3) is 0 Å². The zero-order valence-electron chi connectivity index (χ0n) is 9.12. The van der Waals surface area contributed by atoms with Crippen LogP contribution in [0.15, 0.2) is 0 Å². The fourth-order valence-electron chi connectivity index (χ4n) is 1.91. The van der Waals surface area contributed by atoms with Gasteiger partial charge in [0.2, 0.25) is 5.91 Å². The largest absolute Gasteiger partial charge is 0.299 e. The minimum absolute atomic E-state index is 0.0639. The second-order valence-corrected chi connectivity index (χ2v) is 5.41. The van der Waals surface area contributed by atoms with Crippen LogP contribution in [0.1, 0.15) is 17.7 Å². The van der Waals surface area contributed by atoms with E-state index in [1.807, 2.05) is 25.6 Å². The van der Waals surface area contributed by atoms with Gasteiger partial charge < -0.3 is 0 Å². The summed E-state index contributed by atoms with van der Waals surface area (Å²) in [6, 6.07) is 0. The molecular formula is C10H14IN3O. The van der Waals surface area contributed by atoms with Crippen molar-refractivity contribution in [2.45, 2.75) is 30.7 Å². The van der Waals surface area contributed by atoms with Crippen molar-refractivity contribution in [3.63, 3.8) is 0 Å². The van der Waals surface area contributed by atoms with E-state index in [4.69, 9.17) is 0 Å². The third-order valence-corrected chi connectivity index (χ3v) is 4.06. The Labute approximate surface area is 103 Å². The van der Waals surface area contributed by atoms with E-state index < -0.39 is 0 Å². The van der Waals surface area contributed by atoms with E-state index in [2.05, 4.69) is 27.7 Å². The van der Waals surface area contributed by atoms with E-state index >= 15 is 0 Å². The van der Waals surface area contributed by atoms with Crippen molar-refractivity contribution in [3.8, 4) is 0 Å². The summed E-state index contributed by atoms with van der Waals surface area (Å²) in [4.78, 5) is 13.7. The Morgan fingerprint density at radius 1 is 1.47 bits per heavy atom. The van der Waals surface area contributed by atoms with Gasteiger partial charge in [-0.3, -0.25) is 9.69 Å². The van der Waals surface area contributed by atoms with E-state index in [1.165, 1.54) is 0 Å². The van der Waals surface area contributed by atoms with Crippen LogP contribution in [0.5, 0.6) is 0 Å². The van der Waals surface area contributed by atoms with Crippen molar-refractivity contribution in [2.24, 2.45) is 0 Å². The Morgan fingerprint density at radius 2 is 2.13 bits per heavy atom. The minimum Gasteiger partial charge on any atom is -0.299 e. The van der Waals surface area contributed by atoms with Crippen LogP contribution in [0, 0.1) is 13.8 Å². The predicted molar refractivity (Wildman–Crippen MR) is 67.5 cm³/mol. The lowest BCUT2D eigenvalue weighted by atomic mass is 10.2. The standard InChI is InChI=1S/C10H14IN3O/c1-6-7(2)12-14-5-4-8(11)10(15)13(3)9(6)14/h8H,4-5H2,1-3H3. The van der Waals surface area contributed by atoms with Crippen molar-refractivity contribution < 1.29 is 4.79 Å². The molecule has 0 saturated heterocycles. The number of aromatic nitrogens is 2. The number of halogens is 1. The van der Waals surface area contributed by atoms with Gasteiger partial charge in [-0.05, 0) is 20.3 Å². The second kappa shape index (κ2) is 3.77. The normalized spacial score (nSPS) is 21.5. The van der Waals surface area contributed by atoms with Crippen LogP contribution in [-0.4, -0.2) is 26.7 Å². The van der Waals surface area contributed by atoms with Gasteiger partial charge in [0.1, 0.15) is 5.82 Å². The SMILES string of the molecule is Cc1nn2c(c1C)N(C)C(=O)C(I)CC2. The molecule has 15 heavy (non-hydrogen) atoms. The fraction of sp³-hybridized carbons (Fsp3) is 0.600. The highest BCUT2D eigenvalue weighted by atomic mass is 127. The molecule has 2 heterocycles. The average molecular weight is 319 g/mol. The zero-order chi connectivity index (χ0) is 11.2. The van der Waals surface area contributed by atoms with Crippen molar-refractivity contribution >= 4 is 34.3 Å². The summed E-state index contributed by atoms with van der Waals surface area (Å²) in [6.45, 7) is 4.83. The minimum atomic E-state index is 0.0639. The first kappa shape index (κ1) is 10.9. The molecule has 0 radical (unpaired) electrons. The van der Waals surface area contributed by atoms with Gasteiger partial charge in [0.15, 0.2) is 0 Å². The lowest BCUT2D eigenvalue weighted by Crippen LogP contribution is -2.32. The molecule has 1 aliphatic heterocycles. The van der Waals surface area contributed by atoms with Gasteiger partial charge in [-0.15, -0.1) is 0 Å². The maximum atomic E-state index is 11.9.